The molecular weight excluding hydrogens is 214 g/mol. The molecule has 0 saturated carbocycles. The predicted octanol–water partition coefficient (Wildman–Crippen LogP) is 0.929. The summed E-state index contributed by atoms with van der Waals surface area (Å²) in [6.07, 6.45) is 4.11. The number of rotatable bonds is 7. The third-order valence-corrected chi connectivity index (χ3v) is 3.63. The van der Waals surface area contributed by atoms with Crippen LogP contribution in [0, 0.1) is 0 Å². The summed E-state index contributed by atoms with van der Waals surface area (Å²) in [4.78, 5) is 16.3. The number of nitrogens with zero attached hydrogens (tertiary/aromatic N) is 2. The van der Waals surface area contributed by atoms with Gasteiger partial charge in [0.1, 0.15) is 0 Å². The molecule has 1 saturated heterocycles. The molecule has 1 aliphatic rings. The second-order valence-electron chi connectivity index (χ2n) is 4.91. The number of hydrogen-bond donors (Lipinski definition) is 1. The lowest BCUT2D eigenvalue weighted by Gasteiger charge is -2.27. The molecular formula is C13H27N3O. The van der Waals surface area contributed by atoms with Crippen molar-refractivity contribution >= 4 is 5.91 Å². The number of carbonyl (C=O) groups is 1. The molecule has 100 valence electrons. The van der Waals surface area contributed by atoms with Crippen LogP contribution in [0.1, 0.15) is 32.6 Å². The van der Waals surface area contributed by atoms with E-state index >= 15 is 0 Å². The average molecular weight is 241 g/mol. The molecule has 4 nitrogen and oxygen atoms in total. The van der Waals surface area contributed by atoms with E-state index in [0.717, 1.165) is 26.1 Å². The minimum absolute atomic E-state index is 0.281. The van der Waals surface area contributed by atoms with Crippen LogP contribution in [-0.4, -0.2) is 62.0 Å². The average Bonchev–Trinajstić information content (AvgIpc) is 2.76. The monoisotopic (exact) mass is 241 g/mol. The molecule has 1 unspecified atom stereocenters. The molecule has 1 heterocycles. The Kier molecular flexibility index (Phi) is 6.52. The van der Waals surface area contributed by atoms with Crippen molar-refractivity contribution in [1.29, 1.82) is 0 Å². The van der Waals surface area contributed by atoms with Crippen LogP contribution in [0.4, 0.5) is 0 Å². The second kappa shape index (κ2) is 7.67. The van der Waals surface area contributed by atoms with Gasteiger partial charge in [-0.15, -0.1) is 0 Å². The van der Waals surface area contributed by atoms with E-state index < -0.39 is 0 Å². The topological polar surface area (TPSA) is 35.6 Å². The van der Waals surface area contributed by atoms with Gasteiger partial charge in [0, 0.05) is 26.1 Å². The lowest BCUT2D eigenvalue weighted by Crippen LogP contribution is -2.41. The Morgan fingerprint density at radius 2 is 2.29 bits per heavy atom. The smallest absolute Gasteiger partial charge is 0.222 e. The van der Waals surface area contributed by atoms with E-state index in [-0.39, 0.29) is 5.91 Å². The van der Waals surface area contributed by atoms with E-state index in [1.54, 1.807) is 0 Å². The summed E-state index contributed by atoms with van der Waals surface area (Å²) in [5, 5.41) is 3.07. The Morgan fingerprint density at radius 3 is 2.94 bits per heavy atom. The number of likely N-dealkylation sites (N-methyl/N-ethyl adjacent to an activating group) is 2. The second-order valence-corrected chi connectivity index (χ2v) is 4.91. The molecule has 1 fully saturated rings. The zero-order valence-electron chi connectivity index (χ0n) is 11.5. The molecule has 0 aliphatic carbocycles. The van der Waals surface area contributed by atoms with Gasteiger partial charge >= 0.3 is 0 Å². The number of hydrogen-bond acceptors (Lipinski definition) is 3. The normalized spacial score (nSPS) is 20.8. The number of nitrogens with one attached hydrogen (secondary N) is 1. The SMILES string of the molecule is CCN1CCCC1CN(C)C(=O)CCCNC. The zero-order valence-corrected chi connectivity index (χ0v) is 11.5. The number of amides is 1. The first-order valence-corrected chi connectivity index (χ1v) is 6.81. The van der Waals surface area contributed by atoms with Gasteiger partial charge in [0.15, 0.2) is 0 Å². The van der Waals surface area contributed by atoms with Crippen molar-refractivity contribution < 1.29 is 4.79 Å². The summed E-state index contributed by atoms with van der Waals surface area (Å²) in [5.41, 5.74) is 0. The van der Waals surface area contributed by atoms with Gasteiger partial charge in [0.05, 0.1) is 0 Å². The fourth-order valence-electron chi connectivity index (χ4n) is 2.54. The Balaban J connectivity index is 2.27. The van der Waals surface area contributed by atoms with Gasteiger partial charge in [-0.1, -0.05) is 6.92 Å². The van der Waals surface area contributed by atoms with Gasteiger partial charge in [0.2, 0.25) is 5.91 Å². The summed E-state index contributed by atoms with van der Waals surface area (Å²) in [7, 11) is 3.86. The van der Waals surface area contributed by atoms with Crippen molar-refractivity contribution in [3.63, 3.8) is 0 Å². The molecule has 1 aliphatic heterocycles. The Bertz CT molecular complexity index is 233. The quantitative estimate of drug-likeness (QED) is 0.674. The van der Waals surface area contributed by atoms with E-state index in [0.29, 0.717) is 12.5 Å². The van der Waals surface area contributed by atoms with Crippen LogP contribution in [0.15, 0.2) is 0 Å². The highest BCUT2D eigenvalue weighted by Crippen LogP contribution is 2.17. The van der Waals surface area contributed by atoms with Crippen molar-refractivity contribution in [3.05, 3.63) is 0 Å². The van der Waals surface area contributed by atoms with Crippen molar-refractivity contribution in [1.82, 2.24) is 15.1 Å². The summed E-state index contributed by atoms with van der Waals surface area (Å²) in [5.74, 6) is 0.281. The molecule has 0 spiro atoms. The lowest BCUT2D eigenvalue weighted by atomic mass is 10.2. The van der Waals surface area contributed by atoms with Crippen LogP contribution >= 0.6 is 0 Å². The third kappa shape index (κ3) is 4.64. The molecule has 1 atom stereocenters. The van der Waals surface area contributed by atoms with Crippen LogP contribution in [0.25, 0.3) is 0 Å². The molecule has 1 rings (SSSR count). The highest BCUT2D eigenvalue weighted by Gasteiger charge is 2.25. The maximum absolute atomic E-state index is 11.9. The fourth-order valence-corrected chi connectivity index (χ4v) is 2.54. The Morgan fingerprint density at radius 1 is 1.53 bits per heavy atom. The summed E-state index contributed by atoms with van der Waals surface area (Å²) < 4.78 is 0. The van der Waals surface area contributed by atoms with Crippen molar-refractivity contribution in [2.75, 3.05) is 40.3 Å². The lowest BCUT2D eigenvalue weighted by molar-refractivity contribution is -0.130. The van der Waals surface area contributed by atoms with E-state index in [1.807, 2.05) is 19.0 Å². The van der Waals surface area contributed by atoms with Gasteiger partial charge in [-0.05, 0) is 45.9 Å². The first-order valence-electron chi connectivity index (χ1n) is 6.81. The van der Waals surface area contributed by atoms with Crippen LogP contribution < -0.4 is 5.32 Å². The predicted molar refractivity (Wildman–Crippen MR) is 71.1 cm³/mol. The molecule has 1 amide bonds. The molecule has 1 N–H and O–H groups in total. The summed E-state index contributed by atoms with van der Waals surface area (Å²) in [6, 6.07) is 0.582. The minimum Gasteiger partial charge on any atom is -0.344 e. The van der Waals surface area contributed by atoms with Gasteiger partial charge in [-0.25, -0.2) is 0 Å². The van der Waals surface area contributed by atoms with Gasteiger partial charge in [0.25, 0.3) is 0 Å². The first kappa shape index (κ1) is 14.5. The highest BCUT2D eigenvalue weighted by molar-refractivity contribution is 5.75. The maximum Gasteiger partial charge on any atom is 0.222 e. The van der Waals surface area contributed by atoms with E-state index in [1.165, 1.54) is 19.4 Å². The van der Waals surface area contributed by atoms with Crippen LogP contribution in [0.2, 0.25) is 0 Å². The molecule has 17 heavy (non-hydrogen) atoms. The van der Waals surface area contributed by atoms with Crippen LogP contribution in [-0.2, 0) is 4.79 Å². The van der Waals surface area contributed by atoms with Gasteiger partial charge in [-0.3, -0.25) is 9.69 Å². The molecule has 0 aromatic heterocycles. The minimum atomic E-state index is 0.281. The van der Waals surface area contributed by atoms with Crippen LogP contribution in [0.5, 0.6) is 0 Å². The van der Waals surface area contributed by atoms with Crippen LogP contribution in [0.3, 0.4) is 0 Å². The molecule has 0 bridgehead atoms. The van der Waals surface area contributed by atoms with Crippen molar-refractivity contribution in [3.8, 4) is 0 Å². The molecule has 0 aromatic carbocycles. The first-order chi connectivity index (χ1) is 8.19. The van der Waals surface area contributed by atoms with E-state index in [2.05, 4.69) is 17.1 Å². The third-order valence-electron chi connectivity index (χ3n) is 3.63. The molecule has 0 radical (unpaired) electrons. The van der Waals surface area contributed by atoms with E-state index in [9.17, 15) is 4.79 Å². The van der Waals surface area contributed by atoms with E-state index in [4.69, 9.17) is 0 Å². The van der Waals surface area contributed by atoms with Crippen molar-refractivity contribution in [2.45, 2.75) is 38.6 Å². The molecule has 4 heteroatoms. The molecule has 0 aromatic rings. The van der Waals surface area contributed by atoms with Gasteiger partial charge in [-0.2, -0.15) is 0 Å². The standard InChI is InChI=1S/C13H27N3O/c1-4-16-10-6-7-12(16)11-15(3)13(17)8-5-9-14-2/h12,14H,4-11H2,1-3H3. The van der Waals surface area contributed by atoms with Gasteiger partial charge < -0.3 is 10.2 Å². The number of carbonyl (C=O) groups excluding carboxylic acids is 1. The Labute approximate surface area is 105 Å². The number of likely N-dealkylation sites (tertiary alicyclic amines) is 1. The largest absolute Gasteiger partial charge is 0.344 e. The Hall–Kier alpha value is -0.610. The summed E-state index contributed by atoms with van der Waals surface area (Å²) >= 11 is 0. The maximum atomic E-state index is 11.9. The highest BCUT2D eigenvalue weighted by atomic mass is 16.2. The summed E-state index contributed by atoms with van der Waals surface area (Å²) in [6.45, 7) is 6.32. The van der Waals surface area contributed by atoms with Crippen molar-refractivity contribution in [2.24, 2.45) is 0 Å². The fraction of sp³-hybridized carbons (Fsp3) is 0.923. The zero-order chi connectivity index (χ0) is 12.7.